The van der Waals surface area contributed by atoms with Gasteiger partial charge in [-0.2, -0.15) is 0 Å². The van der Waals surface area contributed by atoms with E-state index in [1.165, 1.54) is 0 Å². The first-order valence-corrected chi connectivity index (χ1v) is 8.78. The van der Waals surface area contributed by atoms with Gasteiger partial charge in [0.05, 0.1) is 5.69 Å². The van der Waals surface area contributed by atoms with Crippen LogP contribution in [0.1, 0.15) is 32.8 Å². The van der Waals surface area contributed by atoms with Crippen LogP contribution in [0.3, 0.4) is 0 Å². The number of carbonyl (C=O) groups excluding carboxylic acids is 2. The molecule has 0 saturated carbocycles. The van der Waals surface area contributed by atoms with Crippen LogP contribution in [-0.4, -0.2) is 29.1 Å². The Morgan fingerprint density at radius 2 is 1.93 bits per heavy atom. The van der Waals surface area contributed by atoms with Gasteiger partial charge in [0.1, 0.15) is 5.60 Å². The van der Waals surface area contributed by atoms with Gasteiger partial charge >= 0.3 is 6.09 Å². The third-order valence-corrected chi connectivity index (χ3v) is 3.38. The minimum atomic E-state index is -0.571. The molecule has 0 saturated heterocycles. The summed E-state index contributed by atoms with van der Waals surface area (Å²) in [4.78, 5) is 28.1. The van der Waals surface area contributed by atoms with Crippen molar-refractivity contribution in [2.75, 3.05) is 17.2 Å². The van der Waals surface area contributed by atoms with Crippen molar-refractivity contribution >= 4 is 29.2 Å². The van der Waals surface area contributed by atoms with Gasteiger partial charge in [-0.15, -0.1) is 0 Å². The molecule has 144 valence electrons. The van der Waals surface area contributed by atoms with E-state index in [1.54, 1.807) is 39.1 Å². The van der Waals surface area contributed by atoms with Crippen LogP contribution in [0.25, 0.3) is 0 Å². The van der Waals surface area contributed by atoms with E-state index in [2.05, 4.69) is 20.9 Å². The molecule has 3 N–H and O–H groups in total. The number of anilines is 3. The quantitative estimate of drug-likeness (QED) is 0.715. The molecule has 0 aliphatic heterocycles. The molecule has 2 aromatic rings. The second kappa shape index (κ2) is 9.02. The van der Waals surface area contributed by atoms with Crippen LogP contribution in [0.2, 0.25) is 0 Å². The molecular formula is C20H26N4O3. The zero-order chi connectivity index (χ0) is 19.9. The van der Waals surface area contributed by atoms with Crippen LogP contribution in [0.4, 0.5) is 22.0 Å². The lowest BCUT2D eigenvalue weighted by Gasteiger charge is -2.19. The summed E-state index contributed by atoms with van der Waals surface area (Å²) in [6.45, 7) is 7.53. The molecule has 1 aromatic carbocycles. The van der Waals surface area contributed by atoms with Gasteiger partial charge in [-0.05, 0) is 57.5 Å². The van der Waals surface area contributed by atoms with Crippen LogP contribution in [0.15, 0.2) is 42.6 Å². The lowest BCUT2D eigenvalue weighted by molar-refractivity contribution is -0.116. The van der Waals surface area contributed by atoms with E-state index < -0.39 is 11.7 Å². The number of aromatic nitrogens is 1. The van der Waals surface area contributed by atoms with Crippen molar-refractivity contribution in [1.82, 2.24) is 10.3 Å². The molecule has 0 aliphatic rings. The van der Waals surface area contributed by atoms with Gasteiger partial charge in [-0.3, -0.25) is 4.79 Å². The highest BCUT2D eigenvalue weighted by atomic mass is 16.6. The van der Waals surface area contributed by atoms with Crippen LogP contribution in [0, 0.1) is 6.92 Å². The molecule has 7 heteroatoms. The number of benzene rings is 1. The van der Waals surface area contributed by atoms with Crippen molar-refractivity contribution in [3.8, 4) is 0 Å². The molecule has 1 heterocycles. The van der Waals surface area contributed by atoms with E-state index in [-0.39, 0.29) is 18.9 Å². The summed E-state index contributed by atoms with van der Waals surface area (Å²) in [5.41, 5.74) is 2.00. The van der Waals surface area contributed by atoms with Gasteiger partial charge in [0.15, 0.2) is 5.82 Å². The number of nitrogens with one attached hydrogen (secondary N) is 3. The molecule has 2 rings (SSSR count). The SMILES string of the molecule is Cc1cccc(Nc2ncccc2NC(=O)CCNC(=O)OC(C)(C)C)c1. The second-order valence-electron chi connectivity index (χ2n) is 7.12. The Morgan fingerprint density at radius 1 is 1.15 bits per heavy atom. The molecule has 0 fully saturated rings. The van der Waals surface area contributed by atoms with E-state index in [1.807, 2.05) is 31.2 Å². The molecule has 0 atom stereocenters. The summed E-state index contributed by atoms with van der Waals surface area (Å²) in [5, 5.41) is 8.58. The Hall–Kier alpha value is -3.09. The van der Waals surface area contributed by atoms with E-state index in [9.17, 15) is 9.59 Å². The third kappa shape index (κ3) is 7.35. The maximum atomic E-state index is 12.2. The van der Waals surface area contributed by atoms with Gasteiger partial charge in [-0.25, -0.2) is 9.78 Å². The number of ether oxygens (including phenoxy) is 1. The van der Waals surface area contributed by atoms with E-state index in [0.717, 1.165) is 11.3 Å². The lowest BCUT2D eigenvalue weighted by atomic mass is 10.2. The number of nitrogens with zero attached hydrogens (tertiary/aromatic N) is 1. The van der Waals surface area contributed by atoms with Crippen molar-refractivity contribution < 1.29 is 14.3 Å². The normalized spacial score (nSPS) is 10.8. The Bertz CT molecular complexity index is 800. The number of rotatable bonds is 6. The number of pyridine rings is 1. The van der Waals surface area contributed by atoms with Crippen LogP contribution < -0.4 is 16.0 Å². The molecular weight excluding hydrogens is 344 g/mol. The molecule has 0 bridgehead atoms. The fraction of sp³-hybridized carbons (Fsp3) is 0.350. The fourth-order valence-electron chi connectivity index (χ4n) is 2.27. The van der Waals surface area contributed by atoms with E-state index in [0.29, 0.717) is 11.5 Å². The summed E-state index contributed by atoms with van der Waals surface area (Å²) in [5.74, 6) is 0.322. The summed E-state index contributed by atoms with van der Waals surface area (Å²) < 4.78 is 5.13. The van der Waals surface area contributed by atoms with Crippen molar-refractivity contribution in [2.45, 2.75) is 39.7 Å². The van der Waals surface area contributed by atoms with Crippen LogP contribution in [-0.2, 0) is 9.53 Å². The van der Waals surface area contributed by atoms with Gasteiger partial charge < -0.3 is 20.7 Å². The van der Waals surface area contributed by atoms with Crippen molar-refractivity contribution in [3.05, 3.63) is 48.2 Å². The van der Waals surface area contributed by atoms with Crippen molar-refractivity contribution in [3.63, 3.8) is 0 Å². The minimum Gasteiger partial charge on any atom is -0.444 e. The summed E-state index contributed by atoms with van der Waals surface area (Å²) in [7, 11) is 0. The van der Waals surface area contributed by atoms with Gasteiger partial charge in [0, 0.05) is 24.8 Å². The first kappa shape index (κ1) is 20.2. The summed E-state index contributed by atoms with van der Waals surface area (Å²) in [6.07, 6.45) is 1.23. The molecule has 7 nitrogen and oxygen atoms in total. The topological polar surface area (TPSA) is 92.4 Å². The number of amides is 2. The molecule has 27 heavy (non-hydrogen) atoms. The Labute approximate surface area is 159 Å². The summed E-state index contributed by atoms with van der Waals surface area (Å²) >= 11 is 0. The first-order valence-electron chi connectivity index (χ1n) is 8.78. The Kier molecular flexibility index (Phi) is 6.76. The van der Waals surface area contributed by atoms with Gasteiger partial charge in [0.2, 0.25) is 5.91 Å². The molecule has 0 radical (unpaired) electrons. The largest absolute Gasteiger partial charge is 0.444 e. The van der Waals surface area contributed by atoms with E-state index in [4.69, 9.17) is 4.74 Å². The van der Waals surface area contributed by atoms with Gasteiger partial charge in [-0.1, -0.05) is 12.1 Å². The Balaban J connectivity index is 1.89. The van der Waals surface area contributed by atoms with Crippen LogP contribution in [0.5, 0.6) is 0 Å². The smallest absolute Gasteiger partial charge is 0.407 e. The number of aryl methyl sites for hydroxylation is 1. The monoisotopic (exact) mass is 370 g/mol. The highest BCUT2D eigenvalue weighted by molar-refractivity contribution is 5.94. The van der Waals surface area contributed by atoms with E-state index >= 15 is 0 Å². The second-order valence-corrected chi connectivity index (χ2v) is 7.12. The zero-order valence-corrected chi connectivity index (χ0v) is 16.1. The molecule has 0 spiro atoms. The minimum absolute atomic E-state index is 0.123. The molecule has 2 amide bonds. The first-order chi connectivity index (χ1) is 12.7. The molecule has 1 aromatic heterocycles. The average Bonchev–Trinajstić information content (AvgIpc) is 2.55. The highest BCUT2D eigenvalue weighted by Gasteiger charge is 2.16. The van der Waals surface area contributed by atoms with Crippen molar-refractivity contribution in [2.24, 2.45) is 0 Å². The zero-order valence-electron chi connectivity index (χ0n) is 16.1. The molecule has 0 unspecified atom stereocenters. The maximum absolute atomic E-state index is 12.2. The predicted molar refractivity (Wildman–Crippen MR) is 106 cm³/mol. The maximum Gasteiger partial charge on any atom is 0.407 e. The van der Waals surface area contributed by atoms with Gasteiger partial charge in [0.25, 0.3) is 0 Å². The Morgan fingerprint density at radius 3 is 2.63 bits per heavy atom. The number of alkyl carbamates (subject to hydrolysis) is 1. The standard InChI is InChI=1S/C20H26N4O3/c1-14-7-5-8-15(13-14)23-18-16(9-6-11-21-18)24-17(25)10-12-22-19(26)27-20(2,3)4/h5-9,11,13H,10,12H2,1-4H3,(H,21,23)(H,22,26)(H,24,25). The van der Waals surface area contributed by atoms with Crippen LogP contribution >= 0.6 is 0 Å². The predicted octanol–water partition coefficient (Wildman–Crippen LogP) is 3.99. The number of hydrogen-bond donors (Lipinski definition) is 3. The summed E-state index contributed by atoms with van der Waals surface area (Å²) in [6, 6.07) is 11.4. The fourth-order valence-corrected chi connectivity index (χ4v) is 2.27. The molecule has 0 aliphatic carbocycles. The van der Waals surface area contributed by atoms with Crippen molar-refractivity contribution in [1.29, 1.82) is 0 Å². The lowest BCUT2D eigenvalue weighted by Crippen LogP contribution is -2.34. The third-order valence-electron chi connectivity index (χ3n) is 3.38. The number of carbonyl (C=O) groups is 2. The average molecular weight is 370 g/mol. The highest BCUT2D eigenvalue weighted by Crippen LogP contribution is 2.23. The number of hydrogen-bond acceptors (Lipinski definition) is 5.